The molecule has 0 spiro atoms. The van der Waals surface area contributed by atoms with E-state index in [1.807, 2.05) is 0 Å². The van der Waals surface area contributed by atoms with Crippen LogP contribution in [0, 0.1) is 5.92 Å². The Labute approximate surface area is 144 Å². The van der Waals surface area contributed by atoms with Crippen molar-refractivity contribution < 1.29 is 18.0 Å². The fourth-order valence-corrected chi connectivity index (χ4v) is 2.16. The van der Waals surface area contributed by atoms with E-state index in [0.29, 0.717) is 11.7 Å². The minimum Gasteiger partial charge on any atom is -0.370 e. The van der Waals surface area contributed by atoms with Gasteiger partial charge in [0, 0.05) is 12.7 Å². The zero-order chi connectivity index (χ0) is 18.4. The number of hydrogen-bond acceptors (Lipinski definition) is 3. The Morgan fingerprint density at radius 1 is 1.16 bits per heavy atom. The lowest BCUT2D eigenvalue weighted by Crippen LogP contribution is -2.17. The number of nitrogens with zero attached hydrogens (tertiary/aromatic N) is 1. The van der Waals surface area contributed by atoms with E-state index in [0.717, 1.165) is 19.0 Å². The van der Waals surface area contributed by atoms with Crippen LogP contribution in [-0.2, 0) is 6.18 Å². The second-order valence-electron chi connectivity index (χ2n) is 6.04. The van der Waals surface area contributed by atoms with Gasteiger partial charge in [-0.2, -0.15) is 13.2 Å². The van der Waals surface area contributed by atoms with Crippen LogP contribution < -0.4 is 10.6 Å². The molecular formula is C18H20F3N3O. The molecule has 0 aliphatic carbocycles. The normalized spacial score (nSPS) is 11.4. The maximum absolute atomic E-state index is 13.0. The molecule has 25 heavy (non-hydrogen) atoms. The molecule has 0 radical (unpaired) electrons. The van der Waals surface area contributed by atoms with Gasteiger partial charge in [0.1, 0.15) is 5.82 Å². The van der Waals surface area contributed by atoms with Crippen molar-refractivity contribution >= 4 is 17.4 Å². The summed E-state index contributed by atoms with van der Waals surface area (Å²) >= 11 is 0. The molecule has 7 heteroatoms. The molecule has 4 nitrogen and oxygen atoms in total. The average molecular weight is 351 g/mol. The van der Waals surface area contributed by atoms with Gasteiger partial charge in [0.25, 0.3) is 5.91 Å². The molecule has 0 saturated heterocycles. The number of carbonyl (C=O) groups is 1. The first-order chi connectivity index (χ1) is 11.8. The molecule has 134 valence electrons. The fourth-order valence-electron chi connectivity index (χ4n) is 2.16. The van der Waals surface area contributed by atoms with E-state index in [-0.39, 0.29) is 11.3 Å². The second kappa shape index (κ2) is 8.00. The molecule has 0 aliphatic heterocycles. The van der Waals surface area contributed by atoms with Crippen LogP contribution in [0.25, 0.3) is 0 Å². The van der Waals surface area contributed by atoms with Crippen molar-refractivity contribution in [3.63, 3.8) is 0 Å². The van der Waals surface area contributed by atoms with Gasteiger partial charge in [-0.25, -0.2) is 4.98 Å². The summed E-state index contributed by atoms with van der Waals surface area (Å²) in [4.78, 5) is 16.3. The number of carbonyl (C=O) groups excluding carboxylic acids is 1. The largest absolute Gasteiger partial charge is 0.418 e. The van der Waals surface area contributed by atoms with Crippen molar-refractivity contribution in [3.8, 4) is 0 Å². The maximum Gasteiger partial charge on any atom is 0.418 e. The topological polar surface area (TPSA) is 54.0 Å². The number of hydrogen-bond donors (Lipinski definition) is 2. The highest BCUT2D eigenvalue weighted by Gasteiger charge is 2.33. The van der Waals surface area contributed by atoms with Gasteiger partial charge in [-0.1, -0.05) is 26.0 Å². The lowest BCUT2D eigenvalue weighted by Gasteiger charge is -2.13. The summed E-state index contributed by atoms with van der Waals surface area (Å²) in [5.74, 6) is 0.539. The smallest absolute Gasteiger partial charge is 0.370 e. The van der Waals surface area contributed by atoms with Crippen molar-refractivity contribution in [2.75, 3.05) is 17.2 Å². The van der Waals surface area contributed by atoms with E-state index < -0.39 is 17.6 Å². The van der Waals surface area contributed by atoms with E-state index in [1.165, 1.54) is 30.5 Å². The third-order valence-electron chi connectivity index (χ3n) is 3.53. The average Bonchev–Trinajstić information content (AvgIpc) is 2.54. The number of nitrogens with one attached hydrogen (secondary N) is 2. The van der Waals surface area contributed by atoms with Crippen molar-refractivity contribution in [2.24, 2.45) is 5.92 Å². The maximum atomic E-state index is 13.0. The van der Waals surface area contributed by atoms with E-state index >= 15 is 0 Å². The van der Waals surface area contributed by atoms with Gasteiger partial charge in [0.05, 0.1) is 16.8 Å². The summed E-state index contributed by atoms with van der Waals surface area (Å²) in [7, 11) is 0. The Hall–Kier alpha value is -2.57. The highest BCUT2D eigenvalue weighted by atomic mass is 19.4. The minimum absolute atomic E-state index is 0.186. The van der Waals surface area contributed by atoms with E-state index in [4.69, 9.17) is 0 Å². The third-order valence-corrected chi connectivity index (χ3v) is 3.53. The number of rotatable bonds is 6. The highest BCUT2D eigenvalue weighted by molar-refractivity contribution is 6.04. The highest BCUT2D eigenvalue weighted by Crippen LogP contribution is 2.34. The number of benzene rings is 1. The van der Waals surface area contributed by atoms with Crippen LogP contribution in [-0.4, -0.2) is 17.4 Å². The first-order valence-electron chi connectivity index (χ1n) is 7.95. The number of alkyl halides is 3. The molecule has 0 atom stereocenters. The molecule has 0 unspecified atom stereocenters. The molecule has 2 N–H and O–H groups in total. The zero-order valence-electron chi connectivity index (χ0n) is 14.0. The molecule has 0 saturated carbocycles. The number of halogens is 3. The van der Waals surface area contributed by atoms with Crippen LogP contribution in [0.4, 0.5) is 24.7 Å². The lowest BCUT2D eigenvalue weighted by atomic mass is 10.1. The second-order valence-corrected chi connectivity index (χ2v) is 6.04. The molecule has 1 aromatic heterocycles. The number of aromatic nitrogens is 1. The predicted molar refractivity (Wildman–Crippen MR) is 91.6 cm³/mol. The molecule has 2 rings (SSSR count). The van der Waals surface area contributed by atoms with Crippen molar-refractivity contribution in [1.82, 2.24) is 4.98 Å². The van der Waals surface area contributed by atoms with Gasteiger partial charge in [-0.05, 0) is 36.6 Å². The fraction of sp³-hybridized carbons (Fsp3) is 0.333. The SMILES string of the molecule is CC(C)CCNc1ccc(C(=O)Nc2ccccc2C(F)(F)F)cn1. The lowest BCUT2D eigenvalue weighted by molar-refractivity contribution is -0.136. The van der Waals surface area contributed by atoms with Crippen LogP contribution in [0.15, 0.2) is 42.6 Å². The van der Waals surface area contributed by atoms with Crippen LogP contribution in [0.3, 0.4) is 0 Å². The quantitative estimate of drug-likeness (QED) is 0.785. The molecule has 1 amide bonds. The van der Waals surface area contributed by atoms with Crippen molar-refractivity contribution in [1.29, 1.82) is 0 Å². The van der Waals surface area contributed by atoms with Crippen molar-refractivity contribution in [3.05, 3.63) is 53.7 Å². The summed E-state index contributed by atoms with van der Waals surface area (Å²) in [5.41, 5.74) is -0.978. The van der Waals surface area contributed by atoms with Gasteiger partial charge in [0.2, 0.25) is 0 Å². The Kier molecular flexibility index (Phi) is 6.01. The molecule has 0 aliphatic rings. The molecule has 1 aromatic carbocycles. The van der Waals surface area contributed by atoms with Gasteiger partial charge in [-0.15, -0.1) is 0 Å². The molecule has 2 aromatic rings. The Bertz CT molecular complexity index is 712. The van der Waals surface area contributed by atoms with Gasteiger partial charge in [-0.3, -0.25) is 4.79 Å². The van der Waals surface area contributed by atoms with E-state index in [2.05, 4.69) is 29.5 Å². The van der Waals surface area contributed by atoms with E-state index in [1.54, 1.807) is 6.07 Å². The van der Waals surface area contributed by atoms with Crippen LogP contribution in [0.1, 0.15) is 36.2 Å². The molecule has 1 heterocycles. The number of amides is 1. The van der Waals surface area contributed by atoms with Crippen LogP contribution in [0.5, 0.6) is 0 Å². The summed E-state index contributed by atoms with van der Waals surface area (Å²) in [5, 5.41) is 5.42. The third kappa shape index (κ3) is 5.48. The molecule has 0 fully saturated rings. The summed E-state index contributed by atoms with van der Waals surface area (Å²) in [6.07, 6.45) is -2.21. The predicted octanol–water partition coefficient (Wildman–Crippen LogP) is 4.81. The zero-order valence-corrected chi connectivity index (χ0v) is 14.0. The Morgan fingerprint density at radius 3 is 2.48 bits per heavy atom. The first-order valence-corrected chi connectivity index (χ1v) is 7.95. The van der Waals surface area contributed by atoms with Crippen molar-refractivity contribution in [2.45, 2.75) is 26.4 Å². The van der Waals surface area contributed by atoms with Crippen LogP contribution in [0.2, 0.25) is 0 Å². The summed E-state index contributed by atoms with van der Waals surface area (Å²) in [6.45, 7) is 4.98. The summed E-state index contributed by atoms with van der Waals surface area (Å²) < 4.78 is 38.9. The standard InChI is InChI=1S/C18H20F3N3O/c1-12(2)9-10-22-16-8-7-13(11-23-16)17(25)24-15-6-4-3-5-14(15)18(19,20)21/h3-8,11-12H,9-10H2,1-2H3,(H,22,23)(H,24,25). The molecular weight excluding hydrogens is 331 g/mol. The van der Waals surface area contributed by atoms with Crippen LogP contribution >= 0.6 is 0 Å². The molecule has 0 bridgehead atoms. The Morgan fingerprint density at radius 2 is 1.88 bits per heavy atom. The first kappa shape index (κ1) is 18.8. The number of anilines is 2. The summed E-state index contributed by atoms with van der Waals surface area (Å²) in [6, 6.07) is 8.01. The number of para-hydroxylation sites is 1. The minimum atomic E-state index is -4.54. The van der Waals surface area contributed by atoms with Gasteiger partial charge < -0.3 is 10.6 Å². The Balaban J connectivity index is 2.05. The van der Waals surface area contributed by atoms with E-state index in [9.17, 15) is 18.0 Å². The monoisotopic (exact) mass is 351 g/mol. The van der Waals surface area contributed by atoms with Gasteiger partial charge >= 0.3 is 6.18 Å². The number of pyridine rings is 1. The van der Waals surface area contributed by atoms with Gasteiger partial charge in [0.15, 0.2) is 0 Å².